The zero-order chi connectivity index (χ0) is 41.5. The Labute approximate surface area is 344 Å². The van der Waals surface area contributed by atoms with Crippen molar-refractivity contribution in [2.24, 2.45) is 27.1 Å². The number of pyridine rings is 1. The molecule has 1 aliphatic heterocycles. The maximum absolute atomic E-state index is 12.2. The van der Waals surface area contributed by atoms with E-state index in [4.69, 9.17) is 7.48 Å². The van der Waals surface area contributed by atoms with Gasteiger partial charge in [0.1, 0.15) is 11.5 Å². The van der Waals surface area contributed by atoms with Gasteiger partial charge in [-0.05, 0) is 84.2 Å². The van der Waals surface area contributed by atoms with Crippen molar-refractivity contribution >= 4 is 27.3 Å². The average Bonchev–Trinajstić information content (AvgIpc) is 3.08. The molecule has 0 atom stereocenters. The largest absolute Gasteiger partial charge is 0.512 e. The van der Waals surface area contributed by atoms with Gasteiger partial charge in [0.05, 0.1) is 8.49 Å². The number of carbonyl (C=O) groups excluding carboxylic acids is 1. The molecule has 2 heterocycles. The number of hydrogen-bond donors (Lipinski definition) is 1. The molecule has 0 amide bonds. The fourth-order valence-electron chi connectivity index (χ4n) is 7.11. The van der Waals surface area contributed by atoms with Crippen molar-refractivity contribution in [2.75, 3.05) is 0 Å². The minimum atomic E-state index is -0.337. The van der Waals surface area contributed by atoms with E-state index in [1.165, 1.54) is 11.6 Å². The molecule has 297 valence electrons. The minimum Gasteiger partial charge on any atom is -0.512 e. The van der Waals surface area contributed by atoms with Gasteiger partial charge in [-0.25, -0.2) is 0 Å². The van der Waals surface area contributed by atoms with E-state index < -0.39 is 0 Å². The zero-order valence-electron chi connectivity index (χ0n) is 38.0. The Morgan fingerprint density at radius 2 is 1.35 bits per heavy atom. The third-order valence-electron chi connectivity index (χ3n) is 11.2. The predicted octanol–water partition coefficient (Wildman–Crippen LogP) is 14.4. The van der Waals surface area contributed by atoms with Crippen molar-refractivity contribution in [1.29, 1.82) is 0 Å². The molecule has 0 saturated carbocycles. The van der Waals surface area contributed by atoms with Crippen LogP contribution in [0.25, 0.3) is 32.8 Å². The molecule has 5 heteroatoms. The summed E-state index contributed by atoms with van der Waals surface area (Å²) in [6.45, 7) is 32.3. The number of allylic oxidation sites excluding steroid dienone is 2. The van der Waals surface area contributed by atoms with Crippen LogP contribution in [0.4, 0.5) is 0 Å². The van der Waals surface area contributed by atoms with Gasteiger partial charge in [0.15, 0.2) is 5.78 Å². The summed E-state index contributed by atoms with van der Waals surface area (Å²) in [5, 5.41) is 13.9. The summed E-state index contributed by atoms with van der Waals surface area (Å²) in [6, 6.07) is 14.7. The van der Waals surface area contributed by atoms with Gasteiger partial charge in [-0.15, -0.1) is 17.5 Å². The van der Waals surface area contributed by atoms with E-state index in [9.17, 15) is 9.90 Å². The molecule has 4 aromatic rings. The minimum absolute atomic E-state index is 0. The maximum Gasteiger partial charge on any atom is 0.164 e. The molecule has 1 radical (unpaired) electrons. The summed E-state index contributed by atoms with van der Waals surface area (Å²) in [5.74, 6) is 1.81. The SMILES string of the molecule is CCC(C)(CC)C(=O)/C=C(\O)C(C)(CC)CC.[2H]c1nc2c3c(cc(CC(C)(C)C)cc3c1[2H])Oc1c-2[c-]c2cc(CC(C)(C)C)ccc2c1CC(C)(C)C.[Ir]. The van der Waals surface area contributed by atoms with Crippen molar-refractivity contribution in [3.05, 3.63) is 77.1 Å². The van der Waals surface area contributed by atoms with Gasteiger partial charge >= 0.3 is 0 Å². The molecule has 0 fully saturated rings. The smallest absolute Gasteiger partial charge is 0.164 e. The van der Waals surface area contributed by atoms with E-state index in [1.54, 1.807) is 0 Å². The van der Waals surface area contributed by atoms with E-state index in [2.05, 4.69) is 104 Å². The number of aliphatic hydroxyl groups is 1. The summed E-state index contributed by atoms with van der Waals surface area (Å²) < 4.78 is 24.0. The summed E-state index contributed by atoms with van der Waals surface area (Å²) in [5.41, 5.74) is 4.77. The molecule has 3 aromatic carbocycles. The van der Waals surface area contributed by atoms with E-state index in [1.807, 2.05) is 41.5 Å². The third kappa shape index (κ3) is 10.6. The molecule has 5 rings (SSSR count). The Hall–Kier alpha value is -3.01. The van der Waals surface area contributed by atoms with E-state index in [0.717, 1.165) is 94.7 Å². The van der Waals surface area contributed by atoms with E-state index >= 15 is 0 Å². The molecule has 0 unspecified atom stereocenters. The molecular formula is C49H68IrNO3-. The van der Waals surface area contributed by atoms with Crippen molar-refractivity contribution in [3.8, 4) is 22.8 Å². The molecule has 4 nitrogen and oxygen atoms in total. The number of carbonyl (C=O) groups is 1. The second-order valence-corrected chi connectivity index (χ2v) is 19.6. The number of hydrogen-bond acceptors (Lipinski definition) is 4. The van der Waals surface area contributed by atoms with Crippen LogP contribution in [-0.4, -0.2) is 15.9 Å². The van der Waals surface area contributed by atoms with Gasteiger partial charge in [-0.2, -0.15) is 0 Å². The second kappa shape index (κ2) is 17.0. The normalized spacial score (nSPS) is 14.0. The Kier molecular flexibility index (Phi) is 13.3. The number of ketones is 1. The molecule has 0 bridgehead atoms. The Balaban J connectivity index is 0.000000398. The first kappa shape index (κ1) is 42.1. The second-order valence-electron chi connectivity index (χ2n) is 19.6. The Bertz CT molecular complexity index is 2090. The van der Waals surface area contributed by atoms with Crippen molar-refractivity contribution in [3.63, 3.8) is 0 Å². The third-order valence-corrected chi connectivity index (χ3v) is 11.2. The molecular weight excluding hydrogens is 843 g/mol. The Morgan fingerprint density at radius 1 is 0.796 bits per heavy atom. The van der Waals surface area contributed by atoms with Gasteiger partial charge in [0, 0.05) is 54.3 Å². The topological polar surface area (TPSA) is 59.4 Å². The molecule has 54 heavy (non-hydrogen) atoms. The van der Waals surface area contributed by atoms with Crippen molar-refractivity contribution < 1.29 is 37.5 Å². The monoisotopic (exact) mass is 913 g/mol. The molecule has 0 saturated heterocycles. The first-order chi connectivity index (χ1) is 25.3. The van der Waals surface area contributed by atoms with Crippen LogP contribution in [0.2, 0.25) is 0 Å². The van der Waals surface area contributed by atoms with Crippen molar-refractivity contribution in [2.45, 2.75) is 149 Å². The van der Waals surface area contributed by atoms with Crippen LogP contribution in [0.1, 0.15) is 149 Å². The molecule has 1 aromatic heterocycles. The number of aromatic nitrogens is 1. The first-order valence-corrected chi connectivity index (χ1v) is 19.9. The number of fused-ring (bicyclic) bond motifs is 3. The van der Waals surface area contributed by atoms with E-state index in [0.29, 0.717) is 5.69 Å². The van der Waals surface area contributed by atoms with Crippen LogP contribution < -0.4 is 4.74 Å². The van der Waals surface area contributed by atoms with Crippen LogP contribution >= 0.6 is 0 Å². The van der Waals surface area contributed by atoms with Gasteiger partial charge in [-0.3, -0.25) is 9.78 Å². The summed E-state index contributed by atoms with van der Waals surface area (Å²) >= 11 is 0. The van der Waals surface area contributed by atoms with E-state index in [-0.39, 0.29) is 70.9 Å². The Morgan fingerprint density at radius 3 is 1.89 bits per heavy atom. The number of nitrogens with zero attached hydrogens (tertiary/aromatic N) is 1. The van der Waals surface area contributed by atoms with Crippen LogP contribution in [-0.2, 0) is 44.2 Å². The average molecular weight is 913 g/mol. The fraction of sp³-hybridized carbons (Fsp3) is 0.551. The molecule has 1 aliphatic rings. The summed E-state index contributed by atoms with van der Waals surface area (Å²) in [4.78, 5) is 16.9. The number of ether oxygens (including phenoxy) is 1. The van der Waals surface area contributed by atoms with Crippen LogP contribution in [0.15, 0.2) is 54.4 Å². The number of benzene rings is 3. The van der Waals surface area contributed by atoms with Crippen LogP contribution in [0.5, 0.6) is 11.5 Å². The zero-order valence-corrected chi connectivity index (χ0v) is 38.4. The maximum atomic E-state index is 12.2. The molecule has 0 spiro atoms. The summed E-state index contributed by atoms with van der Waals surface area (Å²) in [7, 11) is 0. The van der Waals surface area contributed by atoms with Gasteiger partial charge in [0.25, 0.3) is 0 Å². The van der Waals surface area contributed by atoms with Crippen LogP contribution in [0.3, 0.4) is 0 Å². The van der Waals surface area contributed by atoms with Gasteiger partial charge in [0.2, 0.25) is 0 Å². The standard InChI is InChI=1S/C34H40NO.C15H28O2.Ir/c1-32(2,3)18-21-10-11-25-24(14-21)17-26-30-29-23(12-13-35-30)15-22(19-33(4,5)6)16-28(29)36-31(26)27(25)20-34(7,8)9;1-7-14(5,8-2)12(16)11-13(17)15(6,9-3)10-4;/h10-16H,18-20H2,1-9H3;11,16H,7-10H2,1-6H3;/q-1;;/b;12-11-;/i12D,13D;;. The number of rotatable bonds is 10. The fourth-order valence-corrected chi connectivity index (χ4v) is 7.11. The molecule has 0 aliphatic carbocycles. The molecule has 1 N–H and O–H groups in total. The van der Waals surface area contributed by atoms with Gasteiger partial charge in [-0.1, -0.05) is 144 Å². The van der Waals surface area contributed by atoms with Crippen molar-refractivity contribution in [1.82, 2.24) is 4.98 Å². The predicted molar refractivity (Wildman–Crippen MR) is 226 cm³/mol. The summed E-state index contributed by atoms with van der Waals surface area (Å²) in [6.07, 6.45) is 7.41. The van der Waals surface area contributed by atoms with Gasteiger partial charge < -0.3 is 9.84 Å². The quantitative estimate of drug-likeness (QED) is 0.0861. The number of aliphatic hydroxyl groups excluding tert-OH is 1. The first-order valence-electron chi connectivity index (χ1n) is 20.9. The van der Waals surface area contributed by atoms with Crippen LogP contribution in [0, 0.1) is 33.1 Å².